The van der Waals surface area contributed by atoms with Crippen molar-refractivity contribution in [3.63, 3.8) is 0 Å². The highest BCUT2D eigenvalue weighted by Gasteiger charge is 2.06. The molecule has 2 aromatic heterocycles. The molecule has 3 nitrogen and oxygen atoms in total. The number of nitrogens with zero attached hydrogens (tertiary/aromatic N) is 2. The van der Waals surface area contributed by atoms with Crippen molar-refractivity contribution in [2.75, 3.05) is 0 Å². The third kappa shape index (κ3) is 1.45. The minimum Gasteiger partial charge on any atom is -0.441 e. The van der Waals surface area contributed by atoms with E-state index in [1.165, 1.54) is 0 Å². The van der Waals surface area contributed by atoms with Gasteiger partial charge in [-0.2, -0.15) is 0 Å². The molecule has 0 aliphatic carbocycles. The van der Waals surface area contributed by atoms with E-state index in [2.05, 4.69) is 16.9 Å². The Morgan fingerprint density at radius 2 is 2.31 bits per heavy atom. The van der Waals surface area contributed by atoms with Gasteiger partial charge in [-0.05, 0) is 26.0 Å². The van der Waals surface area contributed by atoms with Crippen LogP contribution in [0.15, 0.2) is 28.9 Å². The number of aromatic nitrogens is 2. The number of hydrogen-bond acceptors (Lipinski definition) is 3. The van der Waals surface area contributed by atoms with Crippen LogP contribution in [-0.2, 0) is 0 Å². The zero-order valence-corrected chi connectivity index (χ0v) is 7.32. The summed E-state index contributed by atoms with van der Waals surface area (Å²) in [6, 6.07) is 3.75. The molecule has 0 aliphatic rings. The van der Waals surface area contributed by atoms with Crippen LogP contribution in [0.3, 0.4) is 0 Å². The molecule has 0 unspecified atom stereocenters. The molecule has 0 aliphatic heterocycles. The molecule has 0 atom stereocenters. The van der Waals surface area contributed by atoms with Gasteiger partial charge < -0.3 is 4.42 Å². The van der Waals surface area contributed by atoms with Gasteiger partial charge in [0.1, 0.15) is 5.76 Å². The highest BCUT2D eigenvalue weighted by atomic mass is 16.4. The molecule has 0 saturated heterocycles. The van der Waals surface area contributed by atoms with Gasteiger partial charge in [-0.1, -0.05) is 0 Å². The second-order valence-electron chi connectivity index (χ2n) is 2.76. The van der Waals surface area contributed by atoms with Crippen molar-refractivity contribution in [3.05, 3.63) is 42.9 Å². The van der Waals surface area contributed by atoms with Gasteiger partial charge in [0, 0.05) is 12.4 Å². The van der Waals surface area contributed by atoms with Gasteiger partial charge in [0.05, 0.1) is 11.3 Å². The van der Waals surface area contributed by atoms with Crippen molar-refractivity contribution in [3.8, 4) is 11.5 Å². The SMILES string of the molecule is [CH2]c1nc(-c2cccnc2)oc1C. The third-order valence-electron chi connectivity index (χ3n) is 1.80. The van der Waals surface area contributed by atoms with E-state index in [9.17, 15) is 0 Å². The molecule has 2 rings (SSSR count). The molecular formula is C10H9N2O. The molecule has 0 aromatic carbocycles. The number of rotatable bonds is 1. The Bertz CT molecular complexity index is 387. The van der Waals surface area contributed by atoms with E-state index in [0.717, 1.165) is 11.3 Å². The van der Waals surface area contributed by atoms with E-state index in [-0.39, 0.29) is 0 Å². The predicted molar refractivity (Wildman–Crippen MR) is 48.9 cm³/mol. The maximum atomic E-state index is 5.39. The highest BCUT2D eigenvalue weighted by molar-refractivity contribution is 5.51. The summed E-state index contributed by atoms with van der Waals surface area (Å²) in [7, 11) is 0. The van der Waals surface area contributed by atoms with E-state index in [1.807, 2.05) is 19.1 Å². The number of pyridine rings is 1. The Kier molecular flexibility index (Phi) is 1.85. The second kappa shape index (κ2) is 3.01. The Labute approximate surface area is 76.5 Å². The molecule has 1 radical (unpaired) electrons. The standard InChI is InChI=1S/C10H9N2O/c1-7-8(2)13-10(12-7)9-4-3-5-11-6-9/h3-6H,1H2,2H3. The van der Waals surface area contributed by atoms with Crippen molar-refractivity contribution >= 4 is 0 Å². The molecular weight excluding hydrogens is 164 g/mol. The summed E-state index contributed by atoms with van der Waals surface area (Å²) in [5.41, 5.74) is 1.55. The fourth-order valence-corrected chi connectivity index (χ4v) is 1.04. The van der Waals surface area contributed by atoms with Gasteiger partial charge in [0.15, 0.2) is 0 Å². The summed E-state index contributed by atoms with van der Waals surface area (Å²) in [6.45, 7) is 5.58. The monoisotopic (exact) mass is 173 g/mol. The molecule has 0 N–H and O–H groups in total. The average Bonchev–Trinajstić information content (AvgIpc) is 2.49. The van der Waals surface area contributed by atoms with Crippen LogP contribution < -0.4 is 0 Å². The fourth-order valence-electron chi connectivity index (χ4n) is 1.04. The first-order valence-electron chi connectivity index (χ1n) is 3.97. The summed E-state index contributed by atoms with van der Waals surface area (Å²) in [5.74, 6) is 1.33. The summed E-state index contributed by atoms with van der Waals surface area (Å²) in [6.07, 6.45) is 3.43. The van der Waals surface area contributed by atoms with Crippen LogP contribution in [0.25, 0.3) is 11.5 Å². The van der Waals surface area contributed by atoms with Gasteiger partial charge in [-0.25, -0.2) is 4.98 Å². The Hall–Kier alpha value is -1.64. The minimum atomic E-state index is 0.579. The summed E-state index contributed by atoms with van der Waals surface area (Å²) in [4.78, 5) is 8.14. The molecule has 0 fully saturated rings. The minimum absolute atomic E-state index is 0.579. The number of aryl methyl sites for hydroxylation is 1. The molecule has 0 spiro atoms. The Morgan fingerprint density at radius 3 is 2.85 bits per heavy atom. The van der Waals surface area contributed by atoms with E-state index >= 15 is 0 Å². The lowest BCUT2D eigenvalue weighted by Crippen LogP contribution is -1.78. The van der Waals surface area contributed by atoms with Crippen molar-refractivity contribution in [1.82, 2.24) is 9.97 Å². The van der Waals surface area contributed by atoms with Gasteiger partial charge in [-0.3, -0.25) is 4.98 Å². The Morgan fingerprint density at radius 1 is 1.46 bits per heavy atom. The molecule has 0 amide bonds. The van der Waals surface area contributed by atoms with Crippen LogP contribution >= 0.6 is 0 Å². The van der Waals surface area contributed by atoms with Gasteiger partial charge in [-0.15, -0.1) is 0 Å². The van der Waals surface area contributed by atoms with E-state index in [1.54, 1.807) is 12.4 Å². The first kappa shape index (κ1) is 7.98. The molecule has 2 heterocycles. The van der Waals surface area contributed by atoms with E-state index in [0.29, 0.717) is 11.6 Å². The van der Waals surface area contributed by atoms with Crippen LogP contribution in [0.4, 0.5) is 0 Å². The summed E-state index contributed by atoms with van der Waals surface area (Å²) >= 11 is 0. The molecule has 3 heteroatoms. The van der Waals surface area contributed by atoms with Gasteiger partial charge >= 0.3 is 0 Å². The number of oxazole rings is 1. The first-order valence-corrected chi connectivity index (χ1v) is 3.97. The summed E-state index contributed by atoms with van der Waals surface area (Å²) in [5, 5.41) is 0. The quantitative estimate of drug-likeness (QED) is 0.663. The molecule has 2 aromatic rings. The van der Waals surface area contributed by atoms with E-state index in [4.69, 9.17) is 4.42 Å². The molecule has 0 bridgehead atoms. The number of hydrogen-bond donors (Lipinski definition) is 0. The topological polar surface area (TPSA) is 38.9 Å². The molecule has 0 saturated carbocycles. The van der Waals surface area contributed by atoms with Crippen LogP contribution in [-0.4, -0.2) is 9.97 Å². The predicted octanol–water partition coefficient (Wildman–Crippen LogP) is 2.23. The Balaban J connectivity index is 2.48. The zero-order valence-electron chi connectivity index (χ0n) is 7.32. The van der Waals surface area contributed by atoms with Gasteiger partial charge in [0.2, 0.25) is 5.89 Å². The lowest BCUT2D eigenvalue weighted by molar-refractivity contribution is 0.541. The maximum Gasteiger partial charge on any atom is 0.228 e. The lowest BCUT2D eigenvalue weighted by Gasteiger charge is -1.91. The second-order valence-corrected chi connectivity index (χ2v) is 2.76. The van der Waals surface area contributed by atoms with Crippen LogP contribution in [0, 0.1) is 13.8 Å². The molecule has 13 heavy (non-hydrogen) atoms. The highest BCUT2D eigenvalue weighted by Crippen LogP contribution is 2.19. The van der Waals surface area contributed by atoms with E-state index < -0.39 is 0 Å². The average molecular weight is 173 g/mol. The lowest BCUT2D eigenvalue weighted by atomic mass is 10.3. The van der Waals surface area contributed by atoms with Crippen LogP contribution in [0.1, 0.15) is 11.5 Å². The van der Waals surface area contributed by atoms with Crippen molar-refractivity contribution in [2.45, 2.75) is 6.92 Å². The van der Waals surface area contributed by atoms with Crippen molar-refractivity contribution < 1.29 is 4.42 Å². The van der Waals surface area contributed by atoms with Crippen LogP contribution in [0.5, 0.6) is 0 Å². The van der Waals surface area contributed by atoms with Crippen molar-refractivity contribution in [1.29, 1.82) is 0 Å². The smallest absolute Gasteiger partial charge is 0.228 e. The first-order chi connectivity index (χ1) is 6.27. The largest absolute Gasteiger partial charge is 0.441 e. The normalized spacial score (nSPS) is 10.3. The summed E-state index contributed by atoms with van der Waals surface area (Å²) < 4.78 is 5.39. The third-order valence-corrected chi connectivity index (χ3v) is 1.80. The van der Waals surface area contributed by atoms with Crippen LogP contribution in [0.2, 0.25) is 0 Å². The maximum absolute atomic E-state index is 5.39. The van der Waals surface area contributed by atoms with Gasteiger partial charge in [0.25, 0.3) is 0 Å². The van der Waals surface area contributed by atoms with Crippen molar-refractivity contribution in [2.24, 2.45) is 0 Å². The zero-order chi connectivity index (χ0) is 9.26. The molecule has 65 valence electrons. The fraction of sp³-hybridized carbons (Fsp3) is 0.100.